The predicted octanol–water partition coefficient (Wildman–Crippen LogP) is 4.72. The van der Waals surface area contributed by atoms with Gasteiger partial charge in [-0.05, 0) is 36.5 Å². The van der Waals surface area contributed by atoms with Crippen molar-refractivity contribution in [3.8, 4) is 0 Å². The molecule has 0 amide bonds. The minimum Gasteiger partial charge on any atom is -0.296 e. The predicted molar refractivity (Wildman–Crippen MR) is 77.4 cm³/mol. The van der Waals surface area contributed by atoms with Crippen molar-refractivity contribution in [2.45, 2.75) is 39.3 Å². The fourth-order valence-electron chi connectivity index (χ4n) is 2.12. The second-order valence-corrected chi connectivity index (χ2v) is 6.61. The Balaban J connectivity index is 2.06. The molecule has 1 saturated carbocycles. The van der Waals surface area contributed by atoms with Crippen LogP contribution in [0.1, 0.15) is 32.3 Å². The molecule has 1 aromatic carbocycles. The molecule has 94 valence electrons. The summed E-state index contributed by atoms with van der Waals surface area (Å²) >= 11 is 9.72. The molecule has 3 heteroatoms. The third-order valence-corrected chi connectivity index (χ3v) is 3.90. The normalized spacial score (nSPS) is 15.9. The lowest BCUT2D eigenvalue weighted by molar-refractivity contribution is 0.226. The van der Waals surface area contributed by atoms with Crippen LogP contribution in [-0.2, 0) is 6.54 Å². The highest BCUT2D eigenvalue weighted by Crippen LogP contribution is 2.31. The van der Waals surface area contributed by atoms with Crippen molar-refractivity contribution in [1.82, 2.24) is 4.90 Å². The summed E-state index contributed by atoms with van der Waals surface area (Å²) in [5, 5.41) is 0.869. The molecular weight excluding hydrogens is 298 g/mol. The Morgan fingerprint density at radius 1 is 1.41 bits per heavy atom. The first-order valence-electron chi connectivity index (χ1n) is 6.24. The molecule has 0 unspecified atom stereocenters. The standard InChI is InChI=1S/C14H19BrClN/c1-10(2)8-17(13-5-6-13)9-11-3-4-12(15)7-14(11)16/h3-4,7,10,13H,5-6,8-9H2,1-2H3. The number of nitrogens with zero attached hydrogens (tertiary/aromatic N) is 1. The van der Waals surface area contributed by atoms with Gasteiger partial charge < -0.3 is 0 Å². The molecule has 1 aliphatic carbocycles. The monoisotopic (exact) mass is 315 g/mol. The Bertz CT molecular complexity index is 388. The zero-order valence-corrected chi connectivity index (χ0v) is 12.8. The molecular formula is C14H19BrClN. The van der Waals surface area contributed by atoms with Crippen LogP contribution >= 0.6 is 27.5 Å². The van der Waals surface area contributed by atoms with Gasteiger partial charge in [0.25, 0.3) is 0 Å². The maximum atomic E-state index is 6.28. The van der Waals surface area contributed by atoms with E-state index < -0.39 is 0 Å². The molecule has 1 nitrogen and oxygen atoms in total. The van der Waals surface area contributed by atoms with Crippen molar-refractivity contribution in [2.75, 3.05) is 6.54 Å². The van der Waals surface area contributed by atoms with Gasteiger partial charge in [-0.3, -0.25) is 4.90 Å². The Kier molecular flexibility index (Phi) is 4.51. The first-order valence-corrected chi connectivity index (χ1v) is 7.41. The number of benzene rings is 1. The van der Waals surface area contributed by atoms with Crippen LogP contribution in [0.5, 0.6) is 0 Å². The summed E-state index contributed by atoms with van der Waals surface area (Å²) in [6.45, 7) is 6.70. The molecule has 0 aliphatic heterocycles. The summed E-state index contributed by atoms with van der Waals surface area (Å²) in [4.78, 5) is 2.57. The minimum atomic E-state index is 0.713. The van der Waals surface area contributed by atoms with Crippen LogP contribution in [0.2, 0.25) is 5.02 Å². The van der Waals surface area contributed by atoms with Gasteiger partial charge in [0, 0.05) is 28.6 Å². The molecule has 0 radical (unpaired) electrons. The molecule has 0 heterocycles. The third kappa shape index (κ3) is 3.97. The third-order valence-electron chi connectivity index (χ3n) is 3.05. The SMILES string of the molecule is CC(C)CN(Cc1ccc(Br)cc1Cl)C1CC1. The van der Waals surface area contributed by atoms with Crippen LogP contribution < -0.4 is 0 Å². The van der Waals surface area contributed by atoms with Gasteiger partial charge in [0.15, 0.2) is 0 Å². The zero-order chi connectivity index (χ0) is 12.4. The van der Waals surface area contributed by atoms with E-state index in [-0.39, 0.29) is 0 Å². The molecule has 0 spiro atoms. The van der Waals surface area contributed by atoms with E-state index in [2.05, 4.69) is 46.8 Å². The fraction of sp³-hybridized carbons (Fsp3) is 0.571. The van der Waals surface area contributed by atoms with Crippen LogP contribution in [-0.4, -0.2) is 17.5 Å². The van der Waals surface area contributed by atoms with Crippen molar-refractivity contribution in [1.29, 1.82) is 0 Å². The largest absolute Gasteiger partial charge is 0.296 e. The van der Waals surface area contributed by atoms with Gasteiger partial charge >= 0.3 is 0 Å². The topological polar surface area (TPSA) is 3.24 Å². The van der Waals surface area contributed by atoms with Gasteiger partial charge in [0.1, 0.15) is 0 Å². The fourth-order valence-corrected chi connectivity index (χ4v) is 2.85. The van der Waals surface area contributed by atoms with Crippen LogP contribution in [0, 0.1) is 5.92 Å². The van der Waals surface area contributed by atoms with Crippen LogP contribution in [0.3, 0.4) is 0 Å². The number of rotatable bonds is 5. The average Bonchev–Trinajstić information content (AvgIpc) is 3.03. The number of hydrogen-bond acceptors (Lipinski definition) is 1. The van der Waals surface area contributed by atoms with Crippen LogP contribution in [0.4, 0.5) is 0 Å². The van der Waals surface area contributed by atoms with E-state index in [4.69, 9.17) is 11.6 Å². The lowest BCUT2D eigenvalue weighted by Crippen LogP contribution is -2.29. The maximum Gasteiger partial charge on any atom is 0.0462 e. The highest BCUT2D eigenvalue weighted by atomic mass is 79.9. The van der Waals surface area contributed by atoms with E-state index in [9.17, 15) is 0 Å². The summed E-state index contributed by atoms with van der Waals surface area (Å²) in [7, 11) is 0. The molecule has 0 bridgehead atoms. The summed E-state index contributed by atoms with van der Waals surface area (Å²) in [5.74, 6) is 0.713. The van der Waals surface area contributed by atoms with Gasteiger partial charge in [-0.25, -0.2) is 0 Å². The molecule has 17 heavy (non-hydrogen) atoms. The first kappa shape index (κ1) is 13.4. The molecule has 1 aliphatic rings. The van der Waals surface area contributed by atoms with E-state index in [1.807, 2.05) is 6.07 Å². The molecule has 0 saturated heterocycles. The van der Waals surface area contributed by atoms with Crippen LogP contribution in [0.25, 0.3) is 0 Å². The number of halogens is 2. The van der Waals surface area contributed by atoms with E-state index in [0.717, 1.165) is 28.6 Å². The Hall–Kier alpha value is -0.0500. The summed E-state index contributed by atoms with van der Waals surface area (Å²) < 4.78 is 1.05. The van der Waals surface area contributed by atoms with Crippen molar-refractivity contribution in [2.24, 2.45) is 5.92 Å². The first-order chi connectivity index (χ1) is 8.06. The van der Waals surface area contributed by atoms with Gasteiger partial charge in [-0.15, -0.1) is 0 Å². The maximum absolute atomic E-state index is 6.28. The van der Waals surface area contributed by atoms with Gasteiger partial charge in [0.05, 0.1) is 0 Å². The van der Waals surface area contributed by atoms with E-state index in [1.54, 1.807) is 0 Å². The molecule has 1 fully saturated rings. The van der Waals surface area contributed by atoms with Crippen molar-refractivity contribution in [3.63, 3.8) is 0 Å². The van der Waals surface area contributed by atoms with E-state index in [0.29, 0.717) is 5.92 Å². The molecule has 0 N–H and O–H groups in total. The molecule has 0 aromatic heterocycles. The summed E-state index contributed by atoms with van der Waals surface area (Å²) in [6.07, 6.45) is 2.70. The van der Waals surface area contributed by atoms with Crippen LogP contribution in [0.15, 0.2) is 22.7 Å². The molecule has 0 atom stereocenters. The van der Waals surface area contributed by atoms with Gasteiger partial charge in [-0.2, -0.15) is 0 Å². The van der Waals surface area contributed by atoms with Gasteiger partial charge in [0.2, 0.25) is 0 Å². The second-order valence-electron chi connectivity index (χ2n) is 5.29. The average molecular weight is 317 g/mol. The van der Waals surface area contributed by atoms with Crippen molar-refractivity contribution >= 4 is 27.5 Å². The van der Waals surface area contributed by atoms with Crippen molar-refractivity contribution in [3.05, 3.63) is 33.3 Å². The molecule has 2 rings (SSSR count). The summed E-state index contributed by atoms with van der Waals surface area (Å²) in [6, 6.07) is 6.97. The minimum absolute atomic E-state index is 0.713. The summed E-state index contributed by atoms with van der Waals surface area (Å²) in [5.41, 5.74) is 1.24. The van der Waals surface area contributed by atoms with E-state index >= 15 is 0 Å². The Labute approximate surface area is 117 Å². The lowest BCUT2D eigenvalue weighted by Gasteiger charge is -2.24. The van der Waals surface area contributed by atoms with Crippen molar-refractivity contribution < 1.29 is 0 Å². The number of hydrogen-bond donors (Lipinski definition) is 0. The lowest BCUT2D eigenvalue weighted by atomic mass is 10.1. The highest BCUT2D eigenvalue weighted by Gasteiger charge is 2.29. The smallest absolute Gasteiger partial charge is 0.0462 e. The molecule has 1 aromatic rings. The zero-order valence-electron chi connectivity index (χ0n) is 10.4. The highest BCUT2D eigenvalue weighted by molar-refractivity contribution is 9.10. The van der Waals surface area contributed by atoms with Gasteiger partial charge in [-0.1, -0.05) is 47.4 Å². The quantitative estimate of drug-likeness (QED) is 0.759. The Morgan fingerprint density at radius 3 is 2.65 bits per heavy atom. The van der Waals surface area contributed by atoms with E-state index in [1.165, 1.54) is 18.4 Å². The Morgan fingerprint density at radius 2 is 2.12 bits per heavy atom. The second kappa shape index (κ2) is 5.73.